The zero-order valence-electron chi connectivity index (χ0n) is 13.2. The Morgan fingerprint density at radius 3 is 2.32 bits per heavy atom. The number of aromatic nitrogens is 2. The second-order valence-electron chi connectivity index (χ2n) is 5.71. The number of rotatable bonds is 3. The van der Waals surface area contributed by atoms with E-state index in [1.165, 1.54) is 0 Å². The second kappa shape index (κ2) is 6.13. The predicted molar refractivity (Wildman–Crippen MR) is 98.8 cm³/mol. The van der Waals surface area contributed by atoms with Crippen LogP contribution in [0.3, 0.4) is 0 Å². The monoisotopic (exact) mass is 329 g/mol. The van der Waals surface area contributed by atoms with Crippen LogP contribution in [-0.2, 0) is 0 Å². The van der Waals surface area contributed by atoms with E-state index in [-0.39, 0.29) is 17.2 Å². The van der Waals surface area contributed by atoms with Crippen molar-refractivity contribution in [1.29, 1.82) is 0 Å². The highest BCUT2D eigenvalue weighted by Crippen LogP contribution is 2.23. The second-order valence-corrected chi connectivity index (χ2v) is 5.71. The highest BCUT2D eigenvalue weighted by molar-refractivity contribution is 6.07. The molecular formula is C20H15N3O2. The fraction of sp³-hybridized carbons (Fsp3) is 0. The maximum Gasteiger partial charge on any atom is 0.288 e. The maximum atomic E-state index is 12.6. The molecule has 1 heterocycles. The summed E-state index contributed by atoms with van der Waals surface area (Å²) in [6.45, 7) is 0. The first-order valence-corrected chi connectivity index (χ1v) is 7.88. The van der Waals surface area contributed by atoms with Gasteiger partial charge in [-0.25, -0.2) is 0 Å². The Labute approximate surface area is 143 Å². The van der Waals surface area contributed by atoms with Crippen molar-refractivity contribution in [3.63, 3.8) is 0 Å². The van der Waals surface area contributed by atoms with Gasteiger partial charge in [0.2, 0.25) is 0 Å². The SMILES string of the molecule is O=C(Nc1c(-c2ccccc2)[nH][nH]c1=O)c1ccc2ccccc2c1. The summed E-state index contributed by atoms with van der Waals surface area (Å²) in [5, 5.41) is 10.1. The summed E-state index contributed by atoms with van der Waals surface area (Å²) in [6, 6.07) is 22.6. The molecule has 4 rings (SSSR count). The Bertz CT molecular complexity index is 1110. The van der Waals surface area contributed by atoms with Crippen LogP contribution in [0.5, 0.6) is 0 Å². The lowest BCUT2D eigenvalue weighted by Gasteiger charge is -2.06. The number of nitrogens with one attached hydrogen (secondary N) is 3. The van der Waals surface area contributed by atoms with Crippen LogP contribution in [0.1, 0.15) is 10.4 Å². The zero-order chi connectivity index (χ0) is 17.2. The summed E-state index contributed by atoms with van der Waals surface area (Å²) in [6.07, 6.45) is 0. The first kappa shape index (κ1) is 15.0. The third-order valence-electron chi connectivity index (χ3n) is 4.09. The minimum atomic E-state index is -0.368. The topological polar surface area (TPSA) is 77.8 Å². The summed E-state index contributed by atoms with van der Waals surface area (Å²) < 4.78 is 0. The maximum absolute atomic E-state index is 12.6. The summed E-state index contributed by atoms with van der Waals surface area (Å²) in [5.74, 6) is -0.326. The minimum absolute atomic E-state index is 0.212. The molecule has 0 saturated heterocycles. The molecule has 5 nitrogen and oxygen atoms in total. The lowest BCUT2D eigenvalue weighted by molar-refractivity contribution is 0.102. The number of hydrogen-bond acceptors (Lipinski definition) is 2. The highest BCUT2D eigenvalue weighted by atomic mass is 16.2. The first-order chi connectivity index (χ1) is 12.2. The molecule has 5 heteroatoms. The molecule has 3 N–H and O–H groups in total. The molecule has 4 aromatic rings. The van der Waals surface area contributed by atoms with E-state index in [4.69, 9.17) is 0 Å². The van der Waals surface area contributed by atoms with Gasteiger partial charge >= 0.3 is 0 Å². The van der Waals surface area contributed by atoms with Crippen molar-refractivity contribution in [2.75, 3.05) is 5.32 Å². The van der Waals surface area contributed by atoms with Crippen LogP contribution in [0.25, 0.3) is 22.0 Å². The van der Waals surface area contributed by atoms with Crippen LogP contribution < -0.4 is 10.9 Å². The van der Waals surface area contributed by atoms with Crippen LogP contribution in [0.2, 0.25) is 0 Å². The largest absolute Gasteiger partial charge is 0.316 e. The van der Waals surface area contributed by atoms with Gasteiger partial charge in [-0.2, -0.15) is 0 Å². The third-order valence-corrected chi connectivity index (χ3v) is 4.09. The smallest absolute Gasteiger partial charge is 0.288 e. The number of amides is 1. The fourth-order valence-corrected chi connectivity index (χ4v) is 2.81. The van der Waals surface area contributed by atoms with E-state index in [1.807, 2.05) is 66.7 Å². The standard InChI is InChI=1S/C20H15N3O2/c24-19(16-11-10-13-6-4-5-9-15(13)12-16)21-18-17(22-23-20(18)25)14-7-2-1-3-8-14/h1-12H,(H,21,24)(H2,22,23,25). The van der Waals surface area contributed by atoms with Gasteiger partial charge in [0.05, 0.1) is 5.69 Å². The van der Waals surface area contributed by atoms with Gasteiger partial charge in [-0.3, -0.25) is 19.8 Å². The molecule has 0 aliphatic heterocycles. The van der Waals surface area contributed by atoms with Gasteiger partial charge in [-0.15, -0.1) is 0 Å². The van der Waals surface area contributed by atoms with E-state index < -0.39 is 0 Å². The van der Waals surface area contributed by atoms with Gasteiger partial charge in [0.15, 0.2) is 0 Å². The number of anilines is 1. The Kier molecular flexibility index (Phi) is 3.67. The first-order valence-electron chi connectivity index (χ1n) is 7.88. The zero-order valence-corrected chi connectivity index (χ0v) is 13.2. The van der Waals surface area contributed by atoms with Crippen molar-refractivity contribution < 1.29 is 4.79 Å². The average molecular weight is 329 g/mol. The average Bonchev–Trinajstić information content (AvgIpc) is 3.02. The molecule has 0 saturated carbocycles. The van der Waals surface area contributed by atoms with Gasteiger partial charge in [0, 0.05) is 11.1 Å². The number of H-pyrrole nitrogens is 2. The van der Waals surface area contributed by atoms with Crippen LogP contribution in [0.15, 0.2) is 77.6 Å². The summed E-state index contributed by atoms with van der Waals surface area (Å²) in [4.78, 5) is 24.7. The van der Waals surface area contributed by atoms with Gasteiger partial charge < -0.3 is 5.32 Å². The van der Waals surface area contributed by atoms with E-state index in [9.17, 15) is 9.59 Å². The van der Waals surface area contributed by atoms with E-state index >= 15 is 0 Å². The van der Waals surface area contributed by atoms with Crippen molar-refractivity contribution in [2.24, 2.45) is 0 Å². The minimum Gasteiger partial charge on any atom is -0.316 e. The molecule has 0 spiro atoms. The molecule has 122 valence electrons. The Hall–Kier alpha value is -3.60. The van der Waals surface area contributed by atoms with E-state index in [1.54, 1.807) is 6.07 Å². The quantitative estimate of drug-likeness (QED) is 0.535. The molecule has 0 aliphatic rings. The molecule has 0 atom stereocenters. The summed E-state index contributed by atoms with van der Waals surface area (Å²) in [5.41, 5.74) is 1.71. The molecule has 0 aliphatic carbocycles. The van der Waals surface area contributed by atoms with Crippen LogP contribution in [-0.4, -0.2) is 16.1 Å². The van der Waals surface area contributed by atoms with Gasteiger partial charge in [0.25, 0.3) is 11.5 Å². The van der Waals surface area contributed by atoms with Gasteiger partial charge in [-0.05, 0) is 22.9 Å². The van der Waals surface area contributed by atoms with E-state index in [2.05, 4.69) is 15.5 Å². The van der Waals surface area contributed by atoms with Crippen LogP contribution >= 0.6 is 0 Å². The van der Waals surface area contributed by atoms with E-state index in [0.29, 0.717) is 11.3 Å². The molecular weight excluding hydrogens is 314 g/mol. The Morgan fingerprint density at radius 2 is 1.52 bits per heavy atom. The fourth-order valence-electron chi connectivity index (χ4n) is 2.81. The van der Waals surface area contributed by atoms with Crippen LogP contribution in [0.4, 0.5) is 5.69 Å². The number of fused-ring (bicyclic) bond motifs is 1. The highest BCUT2D eigenvalue weighted by Gasteiger charge is 2.15. The molecule has 0 fully saturated rings. The molecule has 3 aromatic carbocycles. The van der Waals surface area contributed by atoms with Crippen molar-refractivity contribution in [2.45, 2.75) is 0 Å². The van der Waals surface area contributed by atoms with Crippen LogP contribution in [0, 0.1) is 0 Å². The molecule has 1 aromatic heterocycles. The van der Waals surface area contributed by atoms with Crippen molar-refractivity contribution in [1.82, 2.24) is 10.2 Å². The predicted octanol–water partition coefficient (Wildman–Crippen LogP) is 3.78. The van der Waals surface area contributed by atoms with Crippen molar-refractivity contribution in [3.8, 4) is 11.3 Å². The normalized spacial score (nSPS) is 10.7. The number of aromatic amines is 2. The van der Waals surface area contributed by atoms with E-state index in [0.717, 1.165) is 16.3 Å². The number of carbonyl (C=O) groups is 1. The summed E-state index contributed by atoms with van der Waals surface area (Å²) in [7, 11) is 0. The van der Waals surface area contributed by atoms with Gasteiger partial charge in [0.1, 0.15) is 5.69 Å². The number of hydrogen-bond donors (Lipinski definition) is 3. The third kappa shape index (κ3) is 2.83. The Balaban J connectivity index is 1.69. The summed E-state index contributed by atoms with van der Waals surface area (Å²) >= 11 is 0. The number of benzene rings is 3. The molecule has 25 heavy (non-hydrogen) atoms. The number of carbonyl (C=O) groups excluding carboxylic acids is 1. The molecule has 0 unspecified atom stereocenters. The van der Waals surface area contributed by atoms with Crippen molar-refractivity contribution in [3.05, 3.63) is 88.7 Å². The lowest BCUT2D eigenvalue weighted by atomic mass is 10.1. The van der Waals surface area contributed by atoms with Crippen molar-refractivity contribution >= 4 is 22.4 Å². The molecule has 1 amide bonds. The van der Waals surface area contributed by atoms with Gasteiger partial charge in [-0.1, -0.05) is 60.7 Å². The molecule has 0 bridgehead atoms. The Morgan fingerprint density at radius 1 is 0.800 bits per heavy atom. The molecule has 0 radical (unpaired) electrons. The lowest BCUT2D eigenvalue weighted by Crippen LogP contribution is -2.17.